The normalized spacial score (nSPS) is 22.0. The molecule has 28 heavy (non-hydrogen) atoms. The van der Waals surface area contributed by atoms with E-state index in [4.69, 9.17) is 4.74 Å². The third kappa shape index (κ3) is 3.68. The van der Waals surface area contributed by atoms with Crippen molar-refractivity contribution in [2.75, 3.05) is 46.4 Å². The molecule has 0 saturated carbocycles. The Hall–Kier alpha value is -2.62. The summed E-state index contributed by atoms with van der Waals surface area (Å²) < 4.78 is 5.52. The largest absolute Gasteiger partial charge is 0.376 e. The van der Waals surface area contributed by atoms with Crippen molar-refractivity contribution in [1.29, 1.82) is 0 Å². The van der Waals surface area contributed by atoms with Crippen LogP contribution in [0.5, 0.6) is 0 Å². The first kappa shape index (κ1) is 18.7. The van der Waals surface area contributed by atoms with Crippen molar-refractivity contribution in [1.82, 2.24) is 30.2 Å². The number of fused-ring (bicyclic) bond motifs is 1. The monoisotopic (exact) mass is 390 g/mol. The molecule has 1 aromatic rings. The second-order valence-electron chi connectivity index (χ2n) is 7.57. The fourth-order valence-corrected chi connectivity index (χ4v) is 3.93. The lowest BCUT2D eigenvalue weighted by atomic mass is 10.0. The number of hydrogen-bond donors (Lipinski definition) is 2. The molecule has 1 atom stereocenters. The van der Waals surface area contributed by atoms with Crippen LogP contribution in [0.3, 0.4) is 0 Å². The van der Waals surface area contributed by atoms with Crippen LogP contribution in [0.2, 0.25) is 0 Å². The van der Waals surface area contributed by atoms with Crippen LogP contribution in [0.1, 0.15) is 34.6 Å². The van der Waals surface area contributed by atoms with E-state index in [1.54, 1.807) is 21.7 Å². The van der Waals surface area contributed by atoms with Crippen molar-refractivity contribution in [3.8, 4) is 0 Å². The predicted molar refractivity (Wildman–Crippen MR) is 98.6 cm³/mol. The first-order valence-electron chi connectivity index (χ1n) is 9.76. The van der Waals surface area contributed by atoms with Crippen LogP contribution >= 0.6 is 0 Å². The number of carbonyl (C=O) groups is 3. The standard InChI is InChI=1S/C18H26N6O4/c1-22-6-7-24(18(22)27)11-15(25)23-5-4-13-14(10-23)20-21-16(13)17(26)19-9-12-3-2-8-28-12/h12H,2-11H2,1H3,(H,19,26)(H,20,21). The van der Waals surface area contributed by atoms with E-state index in [9.17, 15) is 14.4 Å². The number of amides is 4. The van der Waals surface area contributed by atoms with Crippen LogP contribution in [0, 0.1) is 0 Å². The fourth-order valence-electron chi connectivity index (χ4n) is 3.93. The Labute approximate surface area is 163 Å². The maximum atomic E-state index is 12.6. The second kappa shape index (κ2) is 7.78. The lowest BCUT2D eigenvalue weighted by molar-refractivity contribution is -0.132. The summed E-state index contributed by atoms with van der Waals surface area (Å²) >= 11 is 0. The number of H-pyrrole nitrogens is 1. The molecule has 0 aliphatic carbocycles. The Bertz CT molecular complexity index is 772. The van der Waals surface area contributed by atoms with Gasteiger partial charge in [-0.05, 0) is 19.3 Å². The van der Waals surface area contributed by atoms with Gasteiger partial charge in [-0.3, -0.25) is 14.7 Å². The summed E-state index contributed by atoms with van der Waals surface area (Å²) in [6.07, 6.45) is 2.64. The maximum absolute atomic E-state index is 12.6. The van der Waals surface area contributed by atoms with Gasteiger partial charge in [0.25, 0.3) is 5.91 Å². The third-order valence-electron chi connectivity index (χ3n) is 5.64. The number of hydrogen-bond acceptors (Lipinski definition) is 5. The highest BCUT2D eigenvalue weighted by molar-refractivity contribution is 5.94. The van der Waals surface area contributed by atoms with Gasteiger partial charge in [0.05, 0.1) is 18.3 Å². The Morgan fingerprint density at radius 1 is 1.32 bits per heavy atom. The summed E-state index contributed by atoms with van der Waals surface area (Å²) in [5, 5.41) is 9.97. The molecular weight excluding hydrogens is 364 g/mol. The van der Waals surface area contributed by atoms with Crippen molar-refractivity contribution in [3.63, 3.8) is 0 Å². The summed E-state index contributed by atoms with van der Waals surface area (Å²) in [6, 6.07) is -0.113. The number of ether oxygens (including phenoxy) is 1. The van der Waals surface area contributed by atoms with E-state index in [1.165, 1.54) is 0 Å². The summed E-state index contributed by atoms with van der Waals surface area (Å²) in [7, 11) is 1.73. The summed E-state index contributed by atoms with van der Waals surface area (Å²) in [5.41, 5.74) is 2.05. The highest BCUT2D eigenvalue weighted by atomic mass is 16.5. The molecule has 0 aromatic carbocycles. The van der Waals surface area contributed by atoms with Gasteiger partial charge in [0.1, 0.15) is 6.54 Å². The molecule has 1 aromatic heterocycles. The number of nitrogens with one attached hydrogen (secondary N) is 2. The lowest BCUT2D eigenvalue weighted by Gasteiger charge is -2.28. The van der Waals surface area contributed by atoms with Crippen molar-refractivity contribution in [3.05, 3.63) is 17.0 Å². The van der Waals surface area contributed by atoms with Crippen LogP contribution in [0.25, 0.3) is 0 Å². The molecule has 2 fully saturated rings. The quantitative estimate of drug-likeness (QED) is 0.709. The van der Waals surface area contributed by atoms with Crippen molar-refractivity contribution < 1.29 is 19.1 Å². The molecule has 152 valence electrons. The van der Waals surface area contributed by atoms with Gasteiger partial charge >= 0.3 is 6.03 Å². The average molecular weight is 390 g/mol. The molecule has 2 N–H and O–H groups in total. The Kier molecular flexibility index (Phi) is 5.21. The van der Waals surface area contributed by atoms with Crippen LogP contribution in [-0.4, -0.2) is 95.2 Å². The molecular formula is C18H26N6O4. The van der Waals surface area contributed by atoms with Crippen LogP contribution in [-0.2, 0) is 22.5 Å². The van der Waals surface area contributed by atoms with Crippen molar-refractivity contribution in [2.24, 2.45) is 0 Å². The molecule has 0 bridgehead atoms. The van der Waals surface area contributed by atoms with E-state index in [-0.39, 0.29) is 30.5 Å². The first-order chi connectivity index (χ1) is 13.5. The van der Waals surface area contributed by atoms with Crippen LogP contribution in [0.4, 0.5) is 4.79 Å². The number of likely N-dealkylation sites (N-methyl/N-ethyl adjacent to an activating group) is 1. The van der Waals surface area contributed by atoms with E-state index in [1.807, 2.05) is 0 Å². The molecule has 1 unspecified atom stereocenters. The Morgan fingerprint density at radius 3 is 2.89 bits per heavy atom. The molecule has 0 radical (unpaired) electrons. The summed E-state index contributed by atoms with van der Waals surface area (Å²) in [5.74, 6) is -0.299. The topological polar surface area (TPSA) is 111 Å². The number of rotatable bonds is 5. The van der Waals surface area contributed by atoms with E-state index in [0.717, 1.165) is 30.7 Å². The van der Waals surface area contributed by atoms with Gasteiger partial charge in [-0.1, -0.05) is 0 Å². The molecule has 3 aliphatic rings. The minimum atomic E-state index is -0.210. The van der Waals surface area contributed by atoms with Crippen molar-refractivity contribution in [2.45, 2.75) is 31.9 Å². The number of nitrogens with zero attached hydrogens (tertiary/aromatic N) is 4. The molecule has 10 heteroatoms. The molecule has 4 amide bonds. The molecule has 3 aliphatic heterocycles. The van der Waals surface area contributed by atoms with Gasteiger partial charge in [0.15, 0.2) is 5.69 Å². The van der Waals surface area contributed by atoms with E-state index in [2.05, 4.69) is 15.5 Å². The second-order valence-corrected chi connectivity index (χ2v) is 7.57. The Balaban J connectivity index is 1.34. The number of carbonyl (C=O) groups excluding carboxylic acids is 3. The molecule has 4 heterocycles. The van der Waals surface area contributed by atoms with Gasteiger partial charge in [0.2, 0.25) is 5.91 Å². The zero-order chi connectivity index (χ0) is 19.7. The van der Waals surface area contributed by atoms with Gasteiger partial charge in [0, 0.05) is 45.4 Å². The number of aromatic nitrogens is 2. The smallest absolute Gasteiger partial charge is 0.320 e. The zero-order valence-corrected chi connectivity index (χ0v) is 16.1. The summed E-state index contributed by atoms with van der Waals surface area (Å²) in [6.45, 7) is 3.42. The SMILES string of the molecule is CN1CCN(CC(=O)N2CCc3c(C(=O)NCC4CCCO4)n[nH]c3C2)C1=O. The highest BCUT2D eigenvalue weighted by Gasteiger charge is 2.31. The fraction of sp³-hybridized carbons (Fsp3) is 0.667. The highest BCUT2D eigenvalue weighted by Crippen LogP contribution is 2.21. The Morgan fingerprint density at radius 2 is 2.18 bits per heavy atom. The van der Waals surface area contributed by atoms with E-state index in [0.29, 0.717) is 44.8 Å². The predicted octanol–water partition coefficient (Wildman–Crippen LogP) is -0.429. The molecule has 2 saturated heterocycles. The molecule has 0 spiro atoms. The maximum Gasteiger partial charge on any atom is 0.320 e. The van der Waals surface area contributed by atoms with Crippen molar-refractivity contribution >= 4 is 17.8 Å². The first-order valence-corrected chi connectivity index (χ1v) is 9.76. The number of aromatic amines is 1. The zero-order valence-electron chi connectivity index (χ0n) is 16.1. The minimum Gasteiger partial charge on any atom is -0.376 e. The van der Waals surface area contributed by atoms with Gasteiger partial charge < -0.3 is 24.8 Å². The van der Waals surface area contributed by atoms with Crippen LogP contribution in [0.15, 0.2) is 0 Å². The molecule has 10 nitrogen and oxygen atoms in total. The van der Waals surface area contributed by atoms with E-state index < -0.39 is 0 Å². The van der Waals surface area contributed by atoms with Crippen LogP contribution < -0.4 is 5.32 Å². The van der Waals surface area contributed by atoms with Gasteiger partial charge in [-0.15, -0.1) is 0 Å². The van der Waals surface area contributed by atoms with Gasteiger partial charge in [-0.25, -0.2) is 4.79 Å². The van der Waals surface area contributed by atoms with E-state index >= 15 is 0 Å². The molecule has 4 rings (SSSR count). The third-order valence-corrected chi connectivity index (χ3v) is 5.64. The number of urea groups is 1. The lowest BCUT2D eigenvalue weighted by Crippen LogP contribution is -2.44. The summed E-state index contributed by atoms with van der Waals surface area (Å²) in [4.78, 5) is 41.9. The minimum absolute atomic E-state index is 0.0826. The average Bonchev–Trinajstić information content (AvgIpc) is 3.42. The van der Waals surface area contributed by atoms with Gasteiger partial charge in [-0.2, -0.15) is 5.10 Å².